The predicted octanol–water partition coefficient (Wildman–Crippen LogP) is 3.24. The first kappa shape index (κ1) is 15.4. The Hall–Kier alpha value is -0.580. The summed E-state index contributed by atoms with van der Waals surface area (Å²) in [6.45, 7) is 0. The Labute approximate surface area is 105 Å². The summed E-state index contributed by atoms with van der Waals surface area (Å²) in [4.78, 5) is 15.4. The number of carbonyl (C=O) groups excluding carboxylic acids is 1. The number of methoxy groups -OCH3 is 1. The first-order valence-electron chi connectivity index (χ1n) is 5.53. The van der Waals surface area contributed by atoms with E-state index in [9.17, 15) is 4.79 Å². The van der Waals surface area contributed by atoms with Crippen molar-refractivity contribution in [3.05, 3.63) is 0 Å². The molecule has 94 valence electrons. The number of oxime groups is 1. The molecule has 5 heteroatoms. The van der Waals surface area contributed by atoms with E-state index in [1.165, 1.54) is 14.2 Å². The van der Waals surface area contributed by atoms with Crippen molar-refractivity contribution in [3.8, 4) is 0 Å². The second-order valence-electron chi connectivity index (χ2n) is 3.49. The van der Waals surface area contributed by atoms with Crippen molar-refractivity contribution in [3.63, 3.8) is 0 Å². The van der Waals surface area contributed by atoms with Crippen LogP contribution in [0.3, 0.4) is 0 Å². The first-order chi connectivity index (χ1) is 7.70. The van der Waals surface area contributed by atoms with Crippen LogP contribution in [0.4, 0.5) is 0 Å². The molecule has 0 atom stereocenters. The highest BCUT2D eigenvalue weighted by molar-refractivity contribution is 9.18. The number of hydrogen-bond acceptors (Lipinski definition) is 4. The molecule has 0 aromatic heterocycles. The second-order valence-corrected chi connectivity index (χ2v) is 4.41. The van der Waals surface area contributed by atoms with Crippen LogP contribution in [0.15, 0.2) is 5.16 Å². The quantitative estimate of drug-likeness (QED) is 0.284. The van der Waals surface area contributed by atoms with Gasteiger partial charge in [-0.25, -0.2) is 0 Å². The third-order valence-electron chi connectivity index (χ3n) is 2.18. The van der Waals surface area contributed by atoms with Crippen LogP contribution < -0.4 is 0 Å². The number of carbonyl (C=O) groups is 1. The van der Waals surface area contributed by atoms with E-state index in [4.69, 9.17) is 0 Å². The zero-order chi connectivity index (χ0) is 12.2. The molecule has 0 aromatic carbocycles. The lowest BCUT2D eigenvalue weighted by Crippen LogP contribution is -1.99. The predicted molar refractivity (Wildman–Crippen MR) is 67.7 cm³/mol. The average molecular weight is 294 g/mol. The van der Waals surface area contributed by atoms with Gasteiger partial charge < -0.3 is 9.57 Å². The number of unbranched alkanes of at least 4 members (excludes halogenated alkanes) is 4. The summed E-state index contributed by atoms with van der Waals surface area (Å²) in [5.41, 5.74) is 0. The molecule has 0 amide bonds. The lowest BCUT2D eigenvalue weighted by atomic mass is 10.1. The molecule has 0 aliphatic rings. The van der Waals surface area contributed by atoms with Gasteiger partial charge >= 0.3 is 5.97 Å². The number of esters is 1. The largest absolute Gasteiger partial charge is 0.469 e. The fourth-order valence-electron chi connectivity index (χ4n) is 1.32. The van der Waals surface area contributed by atoms with Gasteiger partial charge in [-0.15, -0.1) is 0 Å². The van der Waals surface area contributed by atoms with Gasteiger partial charge in [-0.1, -0.05) is 24.4 Å². The zero-order valence-corrected chi connectivity index (χ0v) is 11.6. The Bertz CT molecular complexity index is 219. The van der Waals surface area contributed by atoms with Crippen LogP contribution in [0.2, 0.25) is 0 Å². The number of nitrogens with zero attached hydrogens (tertiary/aromatic N) is 1. The minimum atomic E-state index is -0.116. The second kappa shape index (κ2) is 10.9. The highest BCUT2D eigenvalue weighted by Crippen LogP contribution is 2.10. The van der Waals surface area contributed by atoms with Crippen molar-refractivity contribution < 1.29 is 14.4 Å². The molecule has 0 heterocycles. The molecule has 0 aromatic rings. The molecule has 4 nitrogen and oxygen atoms in total. The fourth-order valence-corrected chi connectivity index (χ4v) is 1.74. The van der Waals surface area contributed by atoms with Crippen molar-refractivity contribution in [1.29, 1.82) is 0 Å². The maximum atomic E-state index is 10.8. The van der Waals surface area contributed by atoms with Gasteiger partial charge in [0.05, 0.1) is 7.11 Å². The van der Waals surface area contributed by atoms with Crippen LogP contribution in [-0.2, 0) is 14.4 Å². The van der Waals surface area contributed by atoms with E-state index in [2.05, 4.69) is 30.7 Å². The van der Waals surface area contributed by atoms with Gasteiger partial charge in [0.2, 0.25) is 0 Å². The molecular weight excluding hydrogens is 274 g/mol. The summed E-state index contributed by atoms with van der Waals surface area (Å²) in [5.74, 6) is -0.116. The molecule has 16 heavy (non-hydrogen) atoms. The molecular formula is C11H20BrNO3. The van der Waals surface area contributed by atoms with Gasteiger partial charge in [-0.3, -0.25) is 4.79 Å². The van der Waals surface area contributed by atoms with E-state index in [0.29, 0.717) is 6.42 Å². The third kappa shape index (κ3) is 9.96. The van der Waals surface area contributed by atoms with Crippen molar-refractivity contribution >= 4 is 26.5 Å². The Morgan fingerprint density at radius 1 is 1.06 bits per heavy atom. The van der Waals surface area contributed by atoms with Crippen molar-refractivity contribution in [2.45, 2.75) is 44.9 Å². The van der Waals surface area contributed by atoms with E-state index in [0.717, 1.165) is 43.1 Å². The topological polar surface area (TPSA) is 47.9 Å². The van der Waals surface area contributed by atoms with E-state index in [-0.39, 0.29) is 5.97 Å². The molecule has 0 rings (SSSR count). The van der Waals surface area contributed by atoms with Crippen LogP contribution in [-0.4, -0.2) is 24.8 Å². The SMILES string of the molecule is CO/N=C(\Br)CCCCCCCC(=O)OC. The lowest BCUT2D eigenvalue weighted by molar-refractivity contribution is -0.140. The minimum Gasteiger partial charge on any atom is -0.469 e. The molecule has 0 unspecified atom stereocenters. The highest BCUT2D eigenvalue weighted by Gasteiger charge is 1.99. The highest BCUT2D eigenvalue weighted by atomic mass is 79.9. The van der Waals surface area contributed by atoms with Gasteiger partial charge in [-0.05, 0) is 35.2 Å². The summed E-state index contributed by atoms with van der Waals surface area (Å²) >= 11 is 3.31. The van der Waals surface area contributed by atoms with Gasteiger partial charge in [0, 0.05) is 6.42 Å². The van der Waals surface area contributed by atoms with Gasteiger partial charge in [0.15, 0.2) is 0 Å². The van der Waals surface area contributed by atoms with E-state index < -0.39 is 0 Å². The summed E-state index contributed by atoms with van der Waals surface area (Å²) in [5, 5.41) is 3.76. The molecule has 0 bridgehead atoms. The Morgan fingerprint density at radius 3 is 2.19 bits per heavy atom. The third-order valence-corrected chi connectivity index (χ3v) is 2.72. The summed E-state index contributed by atoms with van der Waals surface area (Å²) in [6.07, 6.45) is 6.82. The van der Waals surface area contributed by atoms with E-state index >= 15 is 0 Å². The standard InChI is InChI=1S/C11H20BrNO3/c1-15-11(14)9-7-5-3-4-6-8-10(12)13-16-2/h3-9H2,1-2H3/b13-10-. The van der Waals surface area contributed by atoms with Crippen LogP contribution in [0.25, 0.3) is 0 Å². The van der Waals surface area contributed by atoms with Gasteiger partial charge in [-0.2, -0.15) is 0 Å². The number of hydrogen-bond donors (Lipinski definition) is 0. The lowest BCUT2D eigenvalue weighted by Gasteiger charge is -2.01. The maximum Gasteiger partial charge on any atom is 0.305 e. The smallest absolute Gasteiger partial charge is 0.305 e. The van der Waals surface area contributed by atoms with Gasteiger partial charge in [0.1, 0.15) is 11.7 Å². The molecule has 0 spiro atoms. The number of rotatable bonds is 9. The molecule has 0 N–H and O–H groups in total. The fraction of sp³-hybridized carbons (Fsp3) is 0.818. The van der Waals surface area contributed by atoms with Crippen molar-refractivity contribution in [2.75, 3.05) is 14.2 Å². The Balaban J connectivity index is 3.22. The molecule has 0 radical (unpaired) electrons. The van der Waals surface area contributed by atoms with Crippen LogP contribution in [0.1, 0.15) is 44.9 Å². The summed E-state index contributed by atoms with van der Waals surface area (Å²) in [7, 11) is 2.96. The first-order valence-corrected chi connectivity index (χ1v) is 6.32. The van der Waals surface area contributed by atoms with Crippen LogP contribution >= 0.6 is 15.9 Å². The molecule has 0 aliphatic heterocycles. The summed E-state index contributed by atoms with van der Waals surface area (Å²) < 4.78 is 5.41. The maximum absolute atomic E-state index is 10.8. The van der Waals surface area contributed by atoms with Crippen molar-refractivity contribution in [2.24, 2.45) is 5.16 Å². The zero-order valence-electron chi connectivity index (χ0n) is 10.00. The normalized spacial score (nSPS) is 11.3. The van der Waals surface area contributed by atoms with Gasteiger partial charge in [0.25, 0.3) is 0 Å². The molecule has 0 saturated carbocycles. The molecule has 0 saturated heterocycles. The van der Waals surface area contributed by atoms with E-state index in [1.807, 2.05) is 0 Å². The van der Waals surface area contributed by atoms with Crippen LogP contribution in [0, 0.1) is 0 Å². The number of ether oxygens (including phenoxy) is 1. The van der Waals surface area contributed by atoms with E-state index in [1.54, 1.807) is 0 Å². The molecule has 0 fully saturated rings. The Kier molecular flexibility index (Phi) is 10.5. The number of halogens is 1. The van der Waals surface area contributed by atoms with Crippen LogP contribution in [0.5, 0.6) is 0 Å². The monoisotopic (exact) mass is 293 g/mol. The molecule has 0 aliphatic carbocycles. The average Bonchev–Trinajstić information content (AvgIpc) is 2.27. The minimum absolute atomic E-state index is 0.116. The van der Waals surface area contributed by atoms with Crippen molar-refractivity contribution in [1.82, 2.24) is 0 Å². The summed E-state index contributed by atoms with van der Waals surface area (Å²) in [6, 6.07) is 0. The Morgan fingerprint density at radius 2 is 1.62 bits per heavy atom.